The number of esters is 1. The van der Waals surface area contributed by atoms with E-state index in [0.29, 0.717) is 5.02 Å². The van der Waals surface area contributed by atoms with Gasteiger partial charge in [-0.25, -0.2) is 9.48 Å². The van der Waals surface area contributed by atoms with E-state index in [-0.39, 0.29) is 5.69 Å². The Kier molecular flexibility index (Phi) is 3.77. The molecule has 0 aliphatic heterocycles. The second-order valence-corrected chi connectivity index (χ2v) is 5.66. The van der Waals surface area contributed by atoms with Gasteiger partial charge in [0.25, 0.3) is 0 Å². The maximum absolute atomic E-state index is 11.7. The van der Waals surface area contributed by atoms with E-state index in [1.807, 2.05) is 29.6 Å². The van der Waals surface area contributed by atoms with Crippen molar-refractivity contribution in [3.8, 4) is 16.3 Å². The maximum atomic E-state index is 11.7. The SMILES string of the molecule is COC(=O)c1cc(-c2cccs2)n(-c2ccc(Cl)cc2)n1. The minimum absolute atomic E-state index is 0.274. The van der Waals surface area contributed by atoms with Gasteiger partial charge < -0.3 is 4.74 Å². The van der Waals surface area contributed by atoms with Crippen molar-refractivity contribution < 1.29 is 9.53 Å². The van der Waals surface area contributed by atoms with Crippen LogP contribution < -0.4 is 0 Å². The Morgan fingerprint density at radius 1 is 1.29 bits per heavy atom. The van der Waals surface area contributed by atoms with E-state index < -0.39 is 5.97 Å². The number of rotatable bonds is 3. The standard InChI is InChI=1S/C15H11ClN2O2S/c1-20-15(19)12-9-13(14-3-2-8-21-14)18(17-12)11-6-4-10(16)5-7-11/h2-9H,1H3. The number of nitrogens with zero attached hydrogens (tertiary/aromatic N) is 2. The third kappa shape index (κ3) is 2.70. The Morgan fingerprint density at radius 3 is 2.67 bits per heavy atom. The van der Waals surface area contributed by atoms with E-state index in [0.717, 1.165) is 16.3 Å². The van der Waals surface area contributed by atoms with Crippen molar-refractivity contribution in [1.82, 2.24) is 9.78 Å². The monoisotopic (exact) mass is 318 g/mol. The molecule has 0 fully saturated rings. The maximum Gasteiger partial charge on any atom is 0.358 e. The molecule has 106 valence electrons. The van der Waals surface area contributed by atoms with Crippen molar-refractivity contribution in [2.45, 2.75) is 0 Å². The first-order valence-electron chi connectivity index (χ1n) is 6.17. The summed E-state index contributed by atoms with van der Waals surface area (Å²) in [6, 6.07) is 12.9. The summed E-state index contributed by atoms with van der Waals surface area (Å²) in [6.07, 6.45) is 0. The molecule has 0 saturated carbocycles. The van der Waals surface area contributed by atoms with Gasteiger partial charge in [0.2, 0.25) is 0 Å². The predicted octanol–water partition coefficient (Wildman–Crippen LogP) is 4.04. The van der Waals surface area contributed by atoms with Crippen LogP contribution in [0.25, 0.3) is 16.3 Å². The largest absolute Gasteiger partial charge is 0.464 e. The lowest BCUT2D eigenvalue weighted by Gasteiger charge is -2.05. The zero-order chi connectivity index (χ0) is 14.8. The number of hydrogen-bond donors (Lipinski definition) is 0. The minimum Gasteiger partial charge on any atom is -0.464 e. The molecular formula is C15H11ClN2O2S. The molecule has 0 spiro atoms. The molecule has 2 heterocycles. The van der Waals surface area contributed by atoms with E-state index in [4.69, 9.17) is 16.3 Å². The van der Waals surface area contributed by atoms with Crippen LogP contribution in [0, 0.1) is 0 Å². The molecule has 4 nitrogen and oxygen atoms in total. The molecule has 21 heavy (non-hydrogen) atoms. The molecule has 0 saturated heterocycles. The molecule has 1 aromatic carbocycles. The van der Waals surface area contributed by atoms with Gasteiger partial charge in [-0.05, 0) is 35.7 Å². The van der Waals surface area contributed by atoms with Gasteiger partial charge in [0, 0.05) is 11.1 Å². The highest BCUT2D eigenvalue weighted by Crippen LogP contribution is 2.28. The average molecular weight is 319 g/mol. The molecule has 0 unspecified atom stereocenters. The molecule has 6 heteroatoms. The van der Waals surface area contributed by atoms with Gasteiger partial charge in [-0.15, -0.1) is 11.3 Å². The number of benzene rings is 1. The number of ether oxygens (including phenoxy) is 1. The summed E-state index contributed by atoms with van der Waals surface area (Å²) in [7, 11) is 1.34. The highest BCUT2D eigenvalue weighted by molar-refractivity contribution is 7.13. The minimum atomic E-state index is -0.458. The van der Waals surface area contributed by atoms with Crippen LogP contribution in [0.15, 0.2) is 47.8 Å². The molecule has 3 aromatic rings. The second kappa shape index (κ2) is 5.71. The number of carbonyl (C=O) groups is 1. The van der Waals surface area contributed by atoms with Crippen LogP contribution in [0.1, 0.15) is 10.5 Å². The molecule has 0 atom stereocenters. The van der Waals surface area contributed by atoms with Gasteiger partial charge >= 0.3 is 5.97 Å². The van der Waals surface area contributed by atoms with Gasteiger partial charge in [0.1, 0.15) is 0 Å². The fraction of sp³-hybridized carbons (Fsp3) is 0.0667. The number of methoxy groups -OCH3 is 1. The average Bonchev–Trinajstić information content (AvgIpc) is 3.16. The zero-order valence-electron chi connectivity index (χ0n) is 11.1. The Balaban J connectivity index is 2.15. The van der Waals surface area contributed by atoms with Crippen molar-refractivity contribution in [2.75, 3.05) is 7.11 Å². The third-order valence-corrected chi connectivity index (χ3v) is 4.09. The van der Waals surface area contributed by atoms with Gasteiger partial charge in [-0.1, -0.05) is 17.7 Å². The Hall–Kier alpha value is -2.11. The topological polar surface area (TPSA) is 44.1 Å². The smallest absolute Gasteiger partial charge is 0.358 e. The Morgan fingerprint density at radius 2 is 2.05 bits per heavy atom. The van der Waals surface area contributed by atoms with Crippen LogP contribution >= 0.6 is 22.9 Å². The summed E-state index contributed by atoms with van der Waals surface area (Å²) in [6.45, 7) is 0. The van der Waals surface area contributed by atoms with E-state index >= 15 is 0 Å². The highest BCUT2D eigenvalue weighted by atomic mass is 35.5. The fourth-order valence-electron chi connectivity index (χ4n) is 1.96. The van der Waals surface area contributed by atoms with E-state index in [2.05, 4.69) is 5.10 Å². The summed E-state index contributed by atoms with van der Waals surface area (Å²) in [5, 5.41) is 6.97. The second-order valence-electron chi connectivity index (χ2n) is 4.27. The fourth-order valence-corrected chi connectivity index (χ4v) is 2.82. The first-order chi connectivity index (χ1) is 10.2. The number of halogens is 1. The van der Waals surface area contributed by atoms with E-state index in [1.54, 1.807) is 34.2 Å². The quantitative estimate of drug-likeness (QED) is 0.685. The van der Waals surface area contributed by atoms with Crippen LogP contribution in [-0.2, 0) is 4.74 Å². The van der Waals surface area contributed by atoms with Gasteiger partial charge in [0.15, 0.2) is 5.69 Å². The van der Waals surface area contributed by atoms with Crippen molar-refractivity contribution in [3.05, 3.63) is 58.6 Å². The van der Waals surface area contributed by atoms with Crippen molar-refractivity contribution >= 4 is 28.9 Å². The predicted molar refractivity (Wildman–Crippen MR) is 83.2 cm³/mol. The molecule has 0 amide bonds. The van der Waals surface area contributed by atoms with Crippen molar-refractivity contribution in [1.29, 1.82) is 0 Å². The summed E-state index contributed by atoms with van der Waals surface area (Å²) in [5.74, 6) is -0.458. The van der Waals surface area contributed by atoms with E-state index in [1.165, 1.54) is 7.11 Å². The molecule has 0 aliphatic carbocycles. The van der Waals surface area contributed by atoms with Crippen LogP contribution in [0.3, 0.4) is 0 Å². The first kappa shape index (κ1) is 13.9. The normalized spacial score (nSPS) is 10.6. The van der Waals surface area contributed by atoms with Gasteiger partial charge in [-0.2, -0.15) is 5.10 Å². The lowest BCUT2D eigenvalue weighted by Crippen LogP contribution is -2.04. The lowest BCUT2D eigenvalue weighted by atomic mass is 10.3. The third-order valence-electron chi connectivity index (χ3n) is 2.95. The highest BCUT2D eigenvalue weighted by Gasteiger charge is 2.17. The van der Waals surface area contributed by atoms with Crippen LogP contribution in [0.5, 0.6) is 0 Å². The molecule has 0 N–H and O–H groups in total. The van der Waals surface area contributed by atoms with Gasteiger partial charge in [0.05, 0.1) is 23.4 Å². The van der Waals surface area contributed by atoms with Crippen molar-refractivity contribution in [2.24, 2.45) is 0 Å². The first-order valence-corrected chi connectivity index (χ1v) is 7.43. The number of thiophene rings is 1. The van der Waals surface area contributed by atoms with Crippen LogP contribution in [0.2, 0.25) is 5.02 Å². The van der Waals surface area contributed by atoms with Gasteiger partial charge in [-0.3, -0.25) is 0 Å². The molecule has 0 aliphatic rings. The Bertz CT molecular complexity index is 764. The summed E-state index contributed by atoms with van der Waals surface area (Å²) >= 11 is 7.50. The lowest BCUT2D eigenvalue weighted by molar-refractivity contribution is 0.0593. The number of hydrogen-bond acceptors (Lipinski definition) is 4. The van der Waals surface area contributed by atoms with Crippen LogP contribution in [0.4, 0.5) is 0 Å². The molecule has 2 aromatic heterocycles. The number of carbonyl (C=O) groups excluding carboxylic acids is 1. The molecular weight excluding hydrogens is 308 g/mol. The summed E-state index contributed by atoms with van der Waals surface area (Å²) in [4.78, 5) is 12.7. The summed E-state index contributed by atoms with van der Waals surface area (Å²) in [5.41, 5.74) is 1.95. The Labute approximate surface area is 130 Å². The number of aromatic nitrogens is 2. The molecule has 0 bridgehead atoms. The van der Waals surface area contributed by atoms with Crippen LogP contribution in [-0.4, -0.2) is 22.9 Å². The van der Waals surface area contributed by atoms with Crippen molar-refractivity contribution in [3.63, 3.8) is 0 Å². The summed E-state index contributed by atoms with van der Waals surface area (Å²) < 4.78 is 6.46. The zero-order valence-corrected chi connectivity index (χ0v) is 12.7. The molecule has 0 radical (unpaired) electrons. The van der Waals surface area contributed by atoms with E-state index in [9.17, 15) is 4.79 Å². The molecule has 3 rings (SSSR count).